The summed E-state index contributed by atoms with van der Waals surface area (Å²) in [5, 5.41) is 4.76. The van der Waals surface area contributed by atoms with Gasteiger partial charge in [0.2, 0.25) is 0 Å². The van der Waals surface area contributed by atoms with E-state index in [-0.39, 0.29) is 0 Å². The first-order valence-corrected chi connectivity index (χ1v) is 11.8. The topological polar surface area (TPSA) is 18.1 Å². The zero-order chi connectivity index (χ0) is 21.9. The highest BCUT2D eigenvalue weighted by Crippen LogP contribution is 2.40. The lowest BCUT2D eigenvalue weighted by Crippen LogP contribution is -1.93. The van der Waals surface area contributed by atoms with Crippen LogP contribution < -0.4 is 0 Å². The zero-order valence-electron chi connectivity index (χ0n) is 17.6. The monoisotopic (exact) mass is 487 g/mol. The van der Waals surface area contributed by atoms with Crippen LogP contribution in [0, 0.1) is 0 Å². The molecule has 0 atom stereocenters. The lowest BCUT2D eigenvalue weighted by Gasteiger charge is -2.09. The van der Waals surface area contributed by atoms with E-state index in [4.69, 9.17) is 4.42 Å². The summed E-state index contributed by atoms with van der Waals surface area (Å²) in [4.78, 5) is 0. The van der Waals surface area contributed by atoms with Crippen LogP contribution in [-0.2, 0) is 0 Å². The van der Waals surface area contributed by atoms with Gasteiger partial charge in [-0.25, -0.2) is 0 Å². The molecule has 0 aliphatic heterocycles. The summed E-state index contributed by atoms with van der Waals surface area (Å²) >= 11 is 3.73. The molecule has 33 heavy (non-hydrogen) atoms. The summed E-state index contributed by atoms with van der Waals surface area (Å²) in [6.07, 6.45) is 0. The van der Waals surface area contributed by atoms with E-state index in [2.05, 4.69) is 118 Å². The van der Waals surface area contributed by atoms with Gasteiger partial charge in [-0.15, -0.1) is 0 Å². The maximum absolute atomic E-state index is 6.35. The molecule has 0 saturated heterocycles. The number of fused-ring (bicyclic) bond motifs is 6. The molecule has 2 aromatic heterocycles. The van der Waals surface area contributed by atoms with Crippen molar-refractivity contribution in [3.63, 3.8) is 0 Å². The Morgan fingerprint density at radius 1 is 0.576 bits per heavy atom. The Balaban J connectivity index is 1.58. The fourth-order valence-corrected chi connectivity index (χ4v) is 5.46. The molecule has 0 N–H and O–H groups in total. The Kier molecular flexibility index (Phi) is 4.02. The average Bonchev–Trinajstić information content (AvgIpc) is 3.39. The van der Waals surface area contributed by atoms with Crippen LogP contribution in [0.1, 0.15) is 0 Å². The third-order valence-corrected chi connectivity index (χ3v) is 6.90. The van der Waals surface area contributed by atoms with Crippen molar-refractivity contribution in [2.24, 2.45) is 0 Å². The van der Waals surface area contributed by atoms with Crippen molar-refractivity contribution >= 4 is 59.7 Å². The Hall–Kier alpha value is -3.82. The van der Waals surface area contributed by atoms with Gasteiger partial charge in [-0.3, -0.25) is 0 Å². The van der Waals surface area contributed by atoms with Gasteiger partial charge in [-0.1, -0.05) is 82.7 Å². The SMILES string of the molecule is Brc1cc(-c2ccc3c4ccccc4n(-c4ccccc4)c3c2)c2oc3ccccc3c2c1. The fourth-order valence-electron chi connectivity index (χ4n) is 5.00. The van der Waals surface area contributed by atoms with Crippen molar-refractivity contribution in [2.45, 2.75) is 0 Å². The zero-order valence-corrected chi connectivity index (χ0v) is 19.2. The van der Waals surface area contributed by atoms with E-state index in [1.807, 2.05) is 12.1 Å². The number of hydrogen-bond donors (Lipinski definition) is 0. The van der Waals surface area contributed by atoms with E-state index < -0.39 is 0 Å². The number of benzene rings is 5. The van der Waals surface area contributed by atoms with E-state index in [0.29, 0.717) is 0 Å². The first-order valence-electron chi connectivity index (χ1n) is 11.0. The van der Waals surface area contributed by atoms with E-state index in [0.717, 1.165) is 43.2 Å². The molecule has 0 bridgehead atoms. The minimum absolute atomic E-state index is 0.909. The van der Waals surface area contributed by atoms with Crippen molar-refractivity contribution in [3.05, 3.63) is 114 Å². The van der Waals surface area contributed by atoms with Gasteiger partial charge in [0.15, 0.2) is 0 Å². The molecule has 3 heteroatoms. The van der Waals surface area contributed by atoms with Gasteiger partial charge in [0.25, 0.3) is 0 Å². The third kappa shape index (κ3) is 2.79. The number of para-hydroxylation sites is 3. The molecule has 0 saturated carbocycles. The normalized spacial score (nSPS) is 11.8. The maximum atomic E-state index is 6.35. The fraction of sp³-hybridized carbons (Fsp3) is 0. The molecule has 0 fully saturated rings. The molecule has 0 aliphatic rings. The molecule has 0 aliphatic carbocycles. The highest BCUT2D eigenvalue weighted by molar-refractivity contribution is 9.10. The lowest BCUT2D eigenvalue weighted by atomic mass is 10.0. The number of furan rings is 1. The molecular weight excluding hydrogens is 470 g/mol. The molecule has 0 amide bonds. The highest BCUT2D eigenvalue weighted by atomic mass is 79.9. The van der Waals surface area contributed by atoms with Gasteiger partial charge >= 0.3 is 0 Å². The van der Waals surface area contributed by atoms with Gasteiger partial charge in [-0.05, 0) is 48.0 Å². The van der Waals surface area contributed by atoms with Gasteiger partial charge in [0.05, 0.1) is 11.0 Å². The van der Waals surface area contributed by atoms with Crippen LogP contribution in [-0.4, -0.2) is 4.57 Å². The molecule has 0 spiro atoms. The van der Waals surface area contributed by atoms with Crippen molar-refractivity contribution in [3.8, 4) is 16.8 Å². The predicted octanol–water partition coefficient (Wildman–Crippen LogP) is 9.11. The maximum Gasteiger partial charge on any atom is 0.143 e. The van der Waals surface area contributed by atoms with E-state index in [1.165, 1.54) is 21.8 Å². The summed E-state index contributed by atoms with van der Waals surface area (Å²) in [6, 6.07) is 38.4. The van der Waals surface area contributed by atoms with Crippen LogP contribution in [0.5, 0.6) is 0 Å². The smallest absolute Gasteiger partial charge is 0.143 e. The van der Waals surface area contributed by atoms with Gasteiger partial charge < -0.3 is 8.98 Å². The van der Waals surface area contributed by atoms with E-state index in [1.54, 1.807) is 0 Å². The molecule has 2 heterocycles. The Morgan fingerprint density at radius 2 is 1.30 bits per heavy atom. The Bertz CT molecular complexity index is 1830. The number of nitrogens with zero attached hydrogens (tertiary/aromatic N) is 1. The second-order valence-corrected chi connectivity index (χ2v) is 9.26. The van der Waals surface area contributed by atoms with E-state index in [9.17, 15) is 0 Å². The summed E-state index contributed by atoms with van der Waals surface area (Å²) in [5.41, 5.74) is 7.59. The molecular formula is C30H18BrNO. The van der Waals surface area contributed by atoms with Crippen molar-refractivity contribution < 1.29 is 4.42 Å². The molecule has 156 valence electrons. The van der Waals surface area contributed by atoms with Gasteiger partial charge in [0.1, 0.15) is 11.2 Å². The third-order valence-electron chi connectivity index (χ3n) is 6.44. The minimum atomic E-state index is 0.909. The number of halogens is 1. The molecule has 5 aromatic carbocycles. The van der Waals surface area contributed by atoms with Gasteiger partial charge in [-0.2, -0.15) is 0 Å². The number of hydrogen-bond acceptors (Lipinski definition) is 1. The molecule has 7 rings (SSSR count). The van der Waals surface area contributed by atoms with Crippen molar-refractivity contribution in [2.75, 3.05) is 0 Å². The second-order valence-electron chi connectivity index (χ2n) is 8.35. The average molecular weight is 488 g/mol. The van der Waals surface area contributed by atoms with E-state index >= 15 is 0 Å². The summed E-state index contributed by atoms with van der Waals surface area (Å²) in [7, 11) is 0. The summed E-state index contributed by atoms with van der Waals surface area (Å²) in [6.45, 7) is 0. The highest BCUT2D eigenvalue weighted by Gasteiger charge is 2.17. The van der Waals surface area contributed by atoms with Crippen LogP contribution in [0.15, 0.2) is 118 Å². The Labute approximate surface area is 198 Å². The van der Waals surface area contributed by atoms with Crippen LogP contribution in [0.4, 0.5) is 0 Å². The van der Waals surface area contributed by atoms with Crippen LogP contribution in [0.2, 0.25) is 0 Å². The molecule has 2 nitrogen and oxygen atoms in total. The second kappa shape index (κ2) is 7.09. The van der Waals surface area contributed by atoms with Crippen LogP contribution in [0.3, 0.4) is 0 Å². The quantitative estimate of drug-likeness (QED) is 0.237. The summed E-state index contributed by atoms with van der Waals surface area (Å²) < 4.78 is 9.74. The largest absolute Gasteiger partial charge is 0.455 e. The minimum Gasteiger partial charge on any atom is -0.455 e. The van der Waals surface area contributed by atoms with Gasteiger partial charge in [0, 0.05) is 37.3 Å². The molecule has 0 unspecified atom stereocenters. The number of rotatable bonds is 2. The van der Waals surface area contributed by atoms with Crippen molar-refractivity contribution in [1.29, 1.82) is 0 Å². The number of aromatic nitrogens is 1. The lowest BCUT2D eigenvalue weighted by molar-refractivity contribution is 0.670. The molecule has 7 aromatic rings. The van der Waals surface area contributed by atoms with Crippen LogP contribution >= 0.6 is 15.9 Å². The first-order chi connectivity index (χ1) is 16.3. The molecule has 0 radical (unpaired) electrons. The first kappa shape index (κ1) is 18.7. The summed E-state index contributed by atoms with van der Waals surface area (Å²) in [5.74, 6) is 0. The van der Waals surface area contributed by atoms with Crippen molar-refractivity contribution in [1.82, 2.24) is 4.57 Å². The van der Waals surface area contributed by atoms with Crippen LogP contribution in [0.25, 0.3) is 60.6 Å². The standard InChI is InChI=1S/C30H18BrNO/c31-20-17-25(30-26(18-20)24-11-5-7-13-29(24)33-30)19-14-15-23-22-10-4-6-12-27(22)32(28(23)16-19)21-8-2-1-3-9-21/h1-18H. The predicted molar refractivity (Wildman–Crippen MR) is 141 cm³/mol. The Morgan fingerprint density at radius 3 is 2.18 bits per heavy atom.